The minimum atomic E-state index is -1.02. The Morgan fingerprint density at radius 2 is 2.00 bits per heavy atom. The van der Waals surface area contributed by atoms with Gasteiger partial charge in [0.1, 0.15) is 17.9 Å². The summed E-state index contributed by atoms with van der Waals surface area (Å²) in [6.45, 7) is 0. The molecule has 0 aliphatic heterocycles. The molecule has 2 aromatic heterocycles. The van der Waals surface area contributed by atoms with Crippen LogP contribution >= 0.6 is 11.6 Å². The van der Waals surface area contributed by atoms with Crippen LogP contribution in [-0.2, 0) is 0 Å². The molecule has 180 valence electrons. The lowest BCUT2D eigenvalue weighted by Gasteiger charge is -2.33. The first kappa shape index (κ1) is 23.5. The van der Waals surface area contributed by atoms with Crippen LogP contribution in [0.1, 0.15) is 47.6 Å². The lowest BCUT2D eigenvalue weighted by molar-refractivity contribution is 0.0697. The number of pyridine rings is 1. The van der Waals surface area contributed by atoms with Crippen LogP contribution in [0.3, 0.4) is 0 Å². The number of nitrogens with zero attached hydrogens (tertiary/aromatic N) is 4. The van der Waals surface area contributed by atoms with E-state index in [1.807, 2.05) is 6.07 Å². The van der Waals surface area contributed by atoms with Gasteiger partial charge in [0.2, 0.25) is 0 Å². The van der Waals surface area contributed by atoms with E-state index in [-0.39, 0.29) is 34.2 Å². The smallest absolute Gasteiger partial charge is 0.335 e. The number of hydrogen-bond donors (Lipinski definition) is 1. The van der Waals surface area contributed by atoms with Gasteiger partial charge >= 0.3 is 5.97 Å². The zero-order valence-corrected chi connectivity index (χ0v) is 19.9. The number of carboxylic acid groups (broad SMARTS) is 1. The van der Waals surface area contributed by atoms with Crippen LogP contribution in [0.25, 0.3) is 22.0 Å². The van der Waals surface area contributed by atoms with Gasteiger partial charge in [-0.05, 0) is 55.2 Å². The van der Waals surface area contributed by atoms with Crippen LogP contribution in [0.5, 0.6) is 5.75 Å². The zero-order chi connectivity index (χ0) is 25.2. The van der Waals surface area contributed by atoms with Crippen molar-refractivity contribution in [2.24, 2.45) is 0 Å². The van der Waals surface area contributed by atoms with E-state index in [1.165, 1.54) is 24.8 Å². The van der Waals surface area contributed by atoms with Crippen molar-refractivity contribution in [3.8, 4) is 22.9 Å². The lowest BCUT2D eigenvalue weighted by atomic mass is 9.91. The number of halogens is 1. The van der Waals surface area contributed by atoms with E-state index in [9.17, 15) is 20.0 Å². The highest BCUT2D eigenvalue weighted by Crippen LogP contribution is 2.37. The summed E-state index contributed by atoms with van der Waals surface area (Å²) >= 11 is 6.28. The number of rotatable bonds is 5. The van der Waals surface area contributed by atoms with Crippen molar-refractivity contribution in [1.82, 2.24) is 14.5 Å². The predicted molar refractivity (Wildman–Crippen MR) is 134 cm³/mol. The zero-order valence-electron chi connectivity index (χ0n) is 19.1. The Kier molecular flexibility index (Phi) is 6.40. The first-order valence-electron chi connectivity index (χ1n) is 11.5. The highest BCUT2D eigenvalue weighted by Gasteiger charge is 2.30. The van der Waals surface area contributed by atoms with E-state index >= 15 is 0 Å². The van der Waals surface area contributed by atoms with E-state index in [4.69, 9.17) is 16.3 Å². The third kappa shape index (κ3) is 4.41. The number of nitriles is 1. The Morgan fingerprint density at radius 3 is 2.81 bits per heavy atom. The SMILES string of the molecule is N#Cc1cncc2ncn([C@H]3CCCC[C@H]3Oc3ccc(Cl)cc3-c3cccc(C(=O)O)c3)c(=O)c12. The Morgan fingerprint density at radius 1 is 1.17 bits per heavy atom. The first-order valence-corrected chi connectivity index (χ1v) is 11.9. The second-order valence-corrected chi connectivity index (χ2v) is 9.12. The molecule has 4 aromatic rings. The van der Waals surface area contributed by atoms with Gasteiger partial charge in [-0.3, -0.25) is 14.3 Å². The molecule has 8 nitrogen and oxygen atoms in total. The number of aromatic nitrogens is 3. The first-order chi connectivity index (χ1) is 17.5. The van der Waals surface area contributed by atoms with Crippen LogP contribution < -0.4 is 10.3 Å². The summed E-state index contributed by atoms with van der Waals surface area (Å²) < 4.78 is 8.08. The molecule has 0 saturated heterocycles. The molecule has 36 heavy (non-hydrogen) atoms. The fourth-order valence-corrected chi connectivity index (χ4v) is 4.92. The maximum Gasteiger partial charge on any atom is 0.335 e. The number of fused-ring (bicyclic) bond motifs is 1. The van der Waals surface area contributed by atoms with Crippen LogP contribution in [0.4, 0.5) is 0 Å². The van der Waals surface area contributed by atoms with Gasteiger partial charge in [0.15, 0.2) is 0 Å². The third-order valence-corrected chi connectivity index (χ3v) is 6.72. The third-order valence-electron chi connectivity index (χ3n) is 6.48. The average molecular weight is 501 g/mol. The molecule has 0 amide bonds. The molecule has 1 aliphatic rings. The van der Waals surface area contributed by atoms with Gasteiger partial charge in [0, 0.05) is 16.8 Å². The minimum absolute atomic E-state index is 0.158. The summed E-state index contributed by atoms with van der Waals surface area (Å²) in [5, 5.41) is 19.6. The minimum Gasteiger partial charge on any atom is -0.488 e. The molecule has 2 atom stereocenters. The summed E-state index contributed by atoms with van der Waals surface area (Å²) in [4.78, 5) is 33.3. The number of benzene rings is 2. The fraction of sp³-hybridized carbons (Fsp3) is 0.222. The van der Waals surface area contributed by atoms with E-state index in [0.29, 0.717) is 40.3 Å². The second-order valence-electron chi connectivity index (χ2n) is 8.68. The van der Waals surface area contributed by atoms with Crippen molar-refractivity contribution < 1.29 is 14.6 Å². The Labute approximate surface area is 211 Å². The molecular weight excluding hydrogens is 480 g/mol. The molecule has 1 aliphatic carbocycles. The number of carbonyl (C=O) groups is 1. The Bertz CT molecular complexity index is 1580. The van der Waals surface area contributed by atoms with Gasteiger partial charge in [-0.25, -0.2) is 9.78 Å². The van der Waals surface area contributed by atoms with Crippen LogP contribution in [0.15, 0.2) is 66.0 Å². The van der Waals surface area contributed by atoms with Gasteiger partial charge < -0.3 is 9.84 Å². The summed E-state index contributed by atoms with van der Waals surface area (Å²) in [5.41, 5.74) is 1.75. The van der Waals surface area contributed by atoms with Crippen LogP contribution in [0, 0.1) is 11.3 Å². The van der Waals surface area contributed by atoms with Gasteiger partial charge in [-0.1, -0.05) is 30.2 Å². The van der Waals surface area contributed by atoms with Gasteiger partial charge in [0.25, 0.3) is 5.56 Å². The monoisotopic (exact) mass is 500 g/mol. The summed E-state index contributed by atoms with van der Waals surface area (Å²) in [5.74, 6) is -0.480. The highest BCUT2D eigenvalue weighted by atomic mass is 35.5. The predicted octanol–water partition coefficient (Wildman–Crippen LogP) is 5.24. The topological polar surface area (TPSA) is 118 Å². The number of carboxylic acids is 1. The van der Waals surface area contributed by atoms with Crippen LogP contribution in [-0.4, -0.2) is 31.7 Å². The Balaban J connectivity index is 1.55. The summed E-state index contributed by atoms with van der Waals surface area (Å²) in [7, 11) is 0. The van der Waals surface area contributed by atoms with Crippen molar-refractivity contribution in [2.45, 2.75) is 37.8 Å². The maximum atomic E-state index is 13.5. The van der Waals surface area contributed by atoms with Gasteiger partial charge in [0.05, 0.1) is 40.6 Å². The molecular formula is C27H21ClN4O4. The molecule has 1 saturated carbocycles. The molecule has 1 fully saturated rings. The van der Waals surface area contributed by atoms with Crippen molar-refractivity contribution in [3.63, 3.8) is 0 Å². The highest BCUT2D eigenvalue weighted by molar-refractivity contribution is 6.31. The molecule has 9 heteroatoms. The van der Waals surface area contributed by atoms with Gasteiger partial charge in [-0.2, -0.15) is 5.26 Å². The van der Waals surface area contributed by atoms with Crippen molar-refractivity contribution in [1.29, 1.82) is 5.26 Å². The van der Waals surface area contributed by atoms with Gasteiger partial charge in [-0.15, -0.1) is 0 Å². The molecule has 0 spiro atoms. The number of hydrogen-bond acceptors (Lipinski definition) is 6. The largest absolute Gasteiger partial charge is 0.488 e. The van der Waals surface area contributed by atoms with E-state index in [1.54, 1.807) is 41.0 Å². The molecule has 0 radical (unpaired) electrons. The van der Waals surface area contributed by atoms with Crippen molar-refractivity contribution in [3.05, 3.63) is 87.7 Å². The lowest BCUT2D eigenvalue weighted by Crippen LogP contribution is -2.38. The number of aromatic carboxylic acids is 1. The van der Waals surface area contributed by atoms with E-state index < -0.39 is 5.97 Å². The molecule has 0 bridgehead atoms. The molecule has 2 aromatic carbocycles. The second kappa shape index (κ2) is 9.80. The summed E-state index contributed by atoms with van der Waals surface area (Å²) in [6, 6.07) is 13.5. The molecule has 5 rings (SSSR count). The number of ether oxygens (including phenoxy) is 1. The average Bonchev–Trinajstić information content (AvgIpc) is 2.90. The molecule has 1 N–H and O–H groups in total. The maximum absolute atomic E-state index is 13.5. The normalized spacial score (nSPS) is 17.4. The summed E-state index contributed by atoms with van der Waals surface area (Å²) in [6.07, 6.45) is 7.28. The quantitative estimate of drug-likeness (QED) is 0.397. The van der Waals surface area contributed by atoms with E-state index in [0.717, 1.165) is 12.8 Å². The standard InChI is InChI=1S/C27H21ClN4O4/c28-19-8-9-23(20(11-19)16-4-3-5-17(10-16)27(34)35)36-24-7-2-1-6-22(24)32-15-31-21-14-30-13-18(12-29)25(21)26(32)33/h3-5,8-11,13-15,22,24H,1-2,6-7H2,(H,34,35)/t22-,24+/m0/s1. The van der Waals surface area contributed by atoms with Crippen molar-refractivity contribution >= 4 is 28.5 Å². The fourth-order valence-electron chi connectivity index (χ4n) is 4.75. The van der Waals surface area contributed by atoms with Crippen molar-refractivity contribution in [2.75, 3.05) is 0 Å². The Hall–Kier alpha value is -4.22. The van der Waals surface area contributed by atoms with Crippen LogP contribution in [0.2, 0.25) is 5.02 Å². The molecule has 0 unspecified atom stereocenters. The molecule has 2 heterocycles. The van der Waals surface area contributed by atoms with E-state index in [2.05, 4.69) is 9.97 Å².